The summed E-state index contributed by atoms with van der Waals surface area (Å²) in [5, 5.41) is 2.91. The van der Waals surface area contributed by atoms with Crippen LogP contribution in [0.15, 0.2) is 59.1 Å². The van der Waals surface area contributed by atoms with Crippen LogP contribution in [-0.2, 0) is 4.74 Å². The van der Waals surface area contributed by atoms with Gasteiger partial charge in [-0.2, -0.15) is 0 Å². The van der Waals surface area contributed by atoms with Crippen LogP contribution in [0.4, 0.5) is 10.5 Å². The molecule has 38 heavy (non-hydrogen) atoms. The van der Waals surface area contributed by atoms with Crippen LogP contribution >= 0.6 is 15.9 Å². The minimum atomic E-state index is -0.638. The van der Waals surface area contributed by atoms with Crippen LogP contribution in [0.2, 0.25) is 0 Å². The Bertz CT molecular complexity index is 1350. The van der Waals surface area contributed by atoms with E-state index in [1.807, 2.05) is 61.5 Å². The number of urea groups is 1. The summed E-state index contributed by atoms with van der Waals surface area (Å²) in [6, 6.07) is 16.1. The third-order valence-corrected chi connectivity index (χ3v) is 6.62. The smallest absolute Gasteiger partial charge is 0.342 e. The number of amides is 3. The first-order chi connectivity index (χ1) is 18.1. The zero-order valence-corrected chi connectivity index (χ0v) is 23.4. The third-order valence-electron chi connectivity index (χ3n) is 6.12. The first-order valence-corrected chi connectivity index (χ1v) is 13.2. The number of ether oxygens (including phenoxy) is 1. The summed E-state index contributed by atoms with van der Waals surface area (Å²) in [4.78, 5) is 52.1. The molecule has 10 heteroatoms. The summed E-state index contributed by atoms with van der Waals surface area (Å²) in [5.74, 6) is -0.685. The molecule has 0 spiro atoms. The van der Waals surface area contributed by atoms with Crippen molar-refractivity contribution in [2.75, 3.05) is 25.0 Å². The van der Waals surface area contributed by atoms with Gasteiger partial charge in [0.25, 0.3) is 5.91 Å². The van der Waals surface area contributed by atoms with Gasteiger partial charge in [-0.05, 0) is 45.9 Å². The predicted octanol–water partition coefficient (Wildman–Crippen LogP) is 5.16. The topological polar surface area (TPSA) is 105 Å². The molecule has 1 N–H and O–H groups in total. The summed E-state index contributed by atoms with van der Waals surface area (Å²) < 4.78 is 6.28. The van der Waals surface area contributed by atoms with Crippen LogP contribution in [-0.4, -0.2) is 69.5 Å². The molecule has 1 aliphatic heterocycles. The molecular formula is C28H30BrN5O4. The van der Waals surface area contributed by atoms with Crippen LogP contribution in [0, 0.1) is 6.92 Å². The lowest BCUT2D eigenvalue weighted by molar-refractivity contribution is 0.0367. The van der Waals surface area contributed by atoms with Crippen molar-refractivity contribution in [2.24, 2.45) is 0 Å². The fourth-order valence-corrected chi connectivity index (χ4v) is 4.72. The lowest BCUT2D eigenvalue weighted by Gasteiger charge is -2.39. The van der Waals surface area contributed by atoms with Gasteiger partial charge in [0.2, 0.25) is 0 Å². The number of hydrogen-bond acceptors (Lipinski definition) is 6. The maximum absolute atomic E-state index is 13.8. The molecule has 0 aliphatic carbocycles. The van der Waals surface area contributed by atoms with Gasteiger partial charge in [0.15, 0.2) is 5.82 Å². The highest BCUT2D eigenvalue weighted by Crippen LogP contribution is 2.23. The molecule has 1 aromatic heterocycles. The minimum Gasteiger partial charge on any atom is -0.459 e. The molecule has 1 unspecified atom stereocenters. The Balaban J connectivity index is 1.58. The Morgan fingerprint density at radius 1 is 1.05 bits per heavy atom. The fourth-order valence-electron chi connectivity index (χ4n) is 4.32. The number of piperazine rings is 1. The molecule has 4 rings (SSSR count). The van der Waals surface area contributed by atoms with Crippen LogP contribution < -0.4 is 5.32 Å². The van der Waals surface area contributed by atoms with Crippen molar-refractivity contribution in [2.45, 2.75) is 39.8 Å². The molecule has 1 fully saturated rings. The molecule has 0 radical (unpaired) electrons. The van der Waals surface area contributed by atoms with Gasteiger partial charge >= 0.3 is 12.0 Å². The molecule has 1 atom stereocenters. The van der Waals surface area contributed by atoms with E-state index < -0.39 is 11.9 Å². The summed E-state index contributed by atoms with van der Waals surface area (Å²) in [6.45, 7) is 7.95. The average Bonchev–Trinajstić information content (AvgIpc) is 2.87. The van der Waals surface area contributed by atoms with E-state index in [4.69, 9.17) is 4.74 Å². The standard InChI is InChI=1S/C28H30BrN5O4/c1-17(2)38-27(36)23-19(4)30-25(20-9-6-5-7-10-20)32-24(23)26(35)33-13-14-34(18(3)16-33)28(37)31-22-12-8-11-21(29)15-22/h5-12,15,17-18H,13-14,16H2,1-4H3,(H,31,37). The van der Waals surface area contributed by atoms with Gasteiger partial charge in [-0.1, -0.05) is 52.3 Å². The third kappa shape index (κ3) is 6.19. The van der Waals surface area contributed by atoms with Crippen LogP contribution in [0.1, 0.15) is 47.3 Å². The lowest BCUT2D eigenvalue weighted by Crippen LogP contribution is -2.56. The van der Waals surface area contributed by atoms with Crippen LogP contribution in [0.25, 0.3) is 11.4 Å². The first-order valence-electron chi connectivity index (χ1n) is 12.4. The van der Waals surface area contributed by atoms with E-state index in [0.29, 0.717) is 23.8 Å². The second kappa shape index (κ2) is 11.7. The van der Waals surface area contributed by atoms with Gasteiger partial charge in [-0.25, -0.2) is 19.6 Å². The summed E-state index contributed by atoms with van der Waals surface area (Å²) in [6.07, 6.45) is -0.369. The van der Waals surface area contributed by atoms with Gasteiger partial charge in [-0.15, -0.1) is 0 Å². The largest absolute Gasteiger partial charge is 0.459 e. The van der Waals surface area contributed by atoms with Gasteiger partial charge in [0.1, 0.15) is 11.3 Å². The minimum absolute atomic E-state index is 0.00115. The number of aromatic nitrogens is 2. The quantitative estimate of drug-likeness (QED) is 0.419. The molecule has 1 aliphatic rings. The number of nitrogens with one attached hydrogen (secondary N) is 1. The molecule has 0 saturated carbocycles. The highest BCUT2D eigenvalue weighted by atomic mass is 79.9. The Hall–Kier alpha value is -3.79. The first kappa shape index (κ1) is 27.3. The second-order valence-corrected chi connectivity index (χ2v) is 10.3. The van der Waals surface area contributed by atoms with Gasteiger partial charge in [-0.3, -0.25) is 4.79 Å². The van der Waals surface area contributed by atoms with Crippen molar-refractivity contribution in [1.29, 1.82) is 0 Å². The Morgan fingerprint density at radius 3 is 2.45 bits per heavy atom. The molecule has 2 aromatic carbocycles. The van der Waals surface area contributed by atoms with Crippen LogP contribution in [0.3, 0.4) is 0 Å². The number of rotatable bonds is 5. The molecule has 9 nitrogen and oxygen atoms in total. The Morgan fingerprint density at radius 2 is 1.79 bits per heavy atom. The number of hydrogen-bond donors (Lipinski definition) is 1. The highest BCUT2D eigenvalue weighted by Gasteiger charge is 2.34. The number of carbonyl (C=O) groups is 3. The molecular weight excluding hydrogens is 550 g/mol. The molecule has 2 heterocycles. The van der Waals surface area contributed by atoms with E-state index in [2.05, 4.69) is 31.2 Å². The second-order valence-electron chi connectivity index (χ2n) is 9.41. The number of aryl methyl sites for hydroxylation is 1. The number of esters is 1. The van der Waals surface area contributed by atoms with Crippen molar-refractivity contribution < 1.29 is 19.1 Å². The van der Waals surface area contributed by atoms with Crippen molar-refractivity contribution in [1.82, 2.24) is 19.8 Å². The number of benzene rings is 2. The molecule has 3 amide bonds. The van der Waals surface area contributed by atoms with E-state index in [1.54, 1.807) is 30.6 Å². The normalized spacial score (nSPS) is 15.4. The van der Waals surface area contributed by atoms with E-state index in [9.17, 15) is 14.4 Å². The lowest BCUT2D eigenvalue weighted by atomic mass is 10.1. The summed E-state index contributed by atoms with van der Waals surface area (Å²) in [7, 11) is 0. The Labute approximate surface area is 230 Å². The Kier molecular flexibility index (Phi) is 8.41. The van der Waals surface area contributed by atoms with Gasteiger partial charge < -0.3 is 19.9 Å². The van der Waals surface area contributed by atoms with Crippen molar-refractivity contribution >= 4 is 39.5 Å². The number of halogens is 1. The zero-order valence-electron chi connectivity index (χ0n) is 21.8. The number of nitrogens with zero attached hydrogens (tertiary/aromatic N) is 4. The molecule has 1 saturated heterocycles. The zero-order chi connectivity index (χ0) is 27.4. The maximum atomic E-state index is 13.8. The average molecular weight is 580 g/mol. The van der Waals surface area contributed by atoms with Crippen LogP contribution in [0.5, 0.6) is 0 Å². The maximum Gasteiger partial charge on any atom is 0.342 e. The fraction of sp³-hybridized carbons (Fsp3) is 0.321. The molecule has 3 aromatic rings. The van der Waals surface area contributed by atoms with Crippen molar-refractivity contribution in [3.8, 4) is 11.4 Å². The summed E-state index contributed by atoms with van der Waals surface area (Å²) in [5.41, 5.74) is 1.84. The van der Waals surface area contributed by atoms with Gasteiger partial charge in [0, 0.05) is 41.4 Å². The summed E-state index contributed by atoms with van der Waals surface area (Å²) >= 11 is 3.41. The predicted molar refractivity (Wildman–Crippen MR) is 148 cm³/mol. The van der Waals surface area contributed by atoms with E-state index in [0.717, 1.165) is 10.0 Å². The molecule has 0 bridgehead atoms. The van der Waals surface area contributed by atoms with Crippen molar-refractivity contribution in [3.05, 3.63) is 76.0 Å². The van der Waals surface area contributed by atoms with E-state index in [1.165, 1.54) is 0 Å². The SMILES string of the molecule is Cc1nc(-c2ccccc2)nc(C(=O)N2CCN(C(=O)Nc3cccc(Br)c3)C(C)C2)c1C(=O)OC(C)C. The molecule has 198 valence electrons. The van der Waals surface area contributed by atoms with E-state index in [-0.39, 0.29) is 42.5 Å². The highest BCUT2D eigenvalue weighted by molar-refractivity contribution is 9.10. The number of anilines is 1. The van der Waals surface area contributed by atoms with Crippen molar-refractivity contribution in [3.63, 3.8) is 0 Å². The van der Waals surface area contributed by atoms with Gasteiger partial charge in [0.05, 0.1) is 11.8 Å². The van der Waals surface area contributed by atoms with E-state index >= 15 is 0 Å². The number of carbonyl (C=O) groups excluding carboxylic acids is 3. The monoisotopic (exact) mass is 579 g/mol.